The molecular formula is C14H22FNO. The molecule has 0 aliphatic rings. The van der Waals surface area contributed by atoms with Crippen LogP contribution in [0.5, 0.6) is 0 Å². The second-order valence-corrected chi connectivity index (χ2v) is 5.13. The normalized spacial score (nSPS) is 13.8. The maximum Gasteiger partial charge on any atom is 0.127 e. The van der Waals surface area contributed by atoms with Crippen molar-refractivity contribution in [1.82, 2.24) is 0 Å². The summed E-state index contributed by atoms with van der Waals surface area (Å²) >= 11 is 0. The Morgan fingerprint density at radius 3 is 2.65 bits per heavy atom. The van der Waals surface area contributed by atoms with E-state index in [2.05, 4.69) is 0 Å². The Morgan fingerprint density at radius 1 is 1.41 bits per heavy atom. The molecule has 2 nitrogen and oxygen atoms in total. The molecule has 17 heavy (non-hydrogen) atoms. The fourth-order valence-corrected chi connectivity index (χ4v) is 1.71. The number of benzene rings is 1. The van der Waals surface area contributed by atoms with E-state index in [1.807, 2.05) is 26.8 Å². The van der Waals surface area contributed by atoms with E-state index >= 15 is 0 Å². The van der Waals surface area contributed by atoms with Crippen molar-refractivity contribution in [2.75, 3.05) is 7.11 Å². The number of hydrogen-bond acceptors (Lipinski definition) is 2. The molecule has 0 radical (unpaired) electrons. The van der Waals surface area contributed by atoms with Gasteiger partial charge in [-0.1, -0.05) is 17.7 Å². The van der Waals surface area contributed by atoms with Gasteiger partial charge in [-0.15, -0.1) is 0 Å². The van der Waals surface area contributed by atoms with Crippen molar-refractivity contribution < 1.29 is 9.13 Å². The summed E-state index contributed by atoms with van der Waals surface area (Å²) in [6, 6.07) is 4.78. The number of rotatable bonds is 5. The van der Waals surface area contributed by atoms with Crippen LogP contribution in [-0.2, 0) is 4.74 Å². The van der Waals surface area contributed by atoms with Crippen molar-refractivity contribution in [2.24, 2.45) is 5.73 Å². The zero-order valence-electron chi connectivity index (χ0n) is 11.1. The molecule has 3 heteroatoms. The summed E-state index contributed by atoms with van der Waals surface area (Å²) in [6.45, 7) is 5.95. The highest BCUT2D eigenvalue weighted by Gasteiger charge is 2.19. The molecular weight excluding hydrogens is 217 g/mol. The lowest BCUT2D eigenvalue weighted by atomic mass is 9.94. The molecule has 0 aliphatic heterocycles. The zero-order valence-corrected chi connectivity index (χ0v) is 11.1. The molecule has 1 atom stereocenters. The third-order valence-corrected chi connectivity index (χ3v) is 3.16. The van der Waals surface area contributed by atoms with Crippen molar-refractivity contribution in [3.63, 3.8) is 0 Å². The van der Waals surface area contributed by atoms with E-state index in [4.69, 9.17) is 10.5 Å². The SMILES string of the molecule is COC(C)(C)CCC(N)c1cc(C)ccc1F. The smallest absolute Gasteiger partial charge is 0.127 e. The number of ether oxygens (including phenoxy) is 1. The van der Waals surface area contributed by atoms with Gasteiger partial charge >= 0.3 is 0 Å². The van der Waals surface area contributed by atoms with Crippen LogP contribution in [0.25, 0.3) is 0 Å². The standard InChI is InChI=1S/C14H22FNO/c1-10-5-6-12(15)11(9-10)13(16)7-8-14(2,3)17-4/h5-6,9,13H,7-8,16H2,1-4H3. The highest BCUT2D eigenvalue weighted by Crippen LogP contribution is 2.25. The maximum atomic E-state index is 13.6. The Bertz CT molecular complexity index is 376. The third kappa shape index (κ3) is 4.10. The Balaban J connectivity index is 2.70. The molecule has 1 aromatic carbocycles. The number of halogens is 1. The van der Waals surface area contributed by atoms with Crippen LogP contribution in [0.1, 0.15) is 43.9 Å². The summed E-state index contributed by atoms with van der Waals surface area (Å²) in [4.78, 5) is 0. The van der Waals surface area contributed by atoms with Crippen LogP contribution in [0.15, 0.2) is 18.2 Å². The van der Waals surface area contributed by atoms with Gasteiger partial charge in [-0.2, -0.15) is 0 Å². The first kappa shape index (κ1) is 14.1. The molecule has 0 aromatic heterocycles. The van der Waals surface area contributed by atoms with Crippen LogP contribution in [0.3, 0.4) is 0 Å². The molecule has 0 fully saturated rings. The van der Waals surface area contributed by atoms with Gasteiger partial charge in [0.05, 0.1) is 5.60 Å². The summed E-state index contributed by atoms with van der Waals surface area (Å²) in [6.07, 6.45) is 1.51. The minimum absolute atomic E-state index is 0.210. The van der Waals surface area contributed by atoms with E-state index < -0.39 is 0 Å². The molecule has 0 amide bonds. The van der Waals surface area contributed by atoms with Crippen LogP contribution in [-0.4, -0.2) is 12.7 Å². The van der Waals surface area contributed by atoms with E-state index in [1.165, 1.54) is 6.07 Å². The third-order valence-electron chi connectivity index (χ3n) is 3.16. The second-order valence-electron chi connectivity index (χ2n) is 5.13. The lowest BCUT2D eigenvalue weighted by Gasteiger charge is -2.24. The van der Waals surface area contributed by atoms with Crippen molar-refractivity contribution in [2.45, 2.75) is 45.3 Å². The first-order valence-electron chi connectivity index (χ1n) is 5.92. The molecule has 0 heterocycles. The van der Waals surface area contributed by atoms with Crippen LogP contribution in [0.4, 0.5) is 4.39 Å². The van der Waals surface area contributed by atoms with E-state index in [-0.39, 0.29) is 17.5 Å². The average molecular weight is 239 g/mol. The molecule has 0 saturated heterocycles. The van der Waals surface area contributed by atoms with Crippen LogP contribution < -0.4 is 5.73 Å². The van der Waals surface area contributed by atoms with E-state index in [1.54, 1.807) is 13.2 Å². The molecule has 0 aliphatic carbocycles. The minimum atomic E-state index is -0.274. The summed E-state index contributed by atoms with van der Waals surface area (Å²) in [5.41, 5.74) is 7.45. The van der Waals surface area contributed by atoms with Gasteiger partial charge in [-0.05, 0) is 39.7 Å². The first-order chi connectivity index (χ1) is 7.85. The highest BCUT2D eigenvalue weighted by atomic mass is 19.1. The van der Waals surface area contributed by atoms with Crippen molar-refractivity contribution in [1.29, 1.82) is 0 Å². The van der Waals surface area contributed by atoms with Crippen LogP contribution in [0, 0.1) is 12.7 Å². The van der Waals surface area contributed by atoms with Gasteiger partial charge < -0.3 is 10.5 Å². The second kappa shape index (κ2) is 5.61. The van der Waals surface area contributed by atoms with Gasteiger partial charge in [0.25, 0.3) is 0 Å². The lowest BCUT2D eigenvalue weighted by molar-refractivity contribution is 0.0124. The Hall–Kier alpha value is -0.930. The Kier molecular flexibility index (Phi) is 4.66. The number of aryl methyl sites for hydroxylation is 1. The molecule has 1 unspecified atom stereocenters. The lowest BCUT2D eigenvalue weighted by Crippen LogP contribution is -2.25. The average Bonchev–Trinajstić information content (AvgIpc) is 2.29. The number of hydrogen-bond donors (Lipinski definition) is 1. The summed E-state index contributed by atoms with van der Waals surface area (Å²) in [5, 5.41) is 0. The predicted molar refractivity (Wildman–Crippen MR) is 68.4 cm³/mol. The van der Waals surface area contributed by atoms with Gasteiger partial charge in [0.2, 0.25) is 0 Å². The van der Waals surface area contributed by atoms with Gasteiger partial charge in [-0.3, -0.25) is 0 Å². The largest absolute Gasteiger partial charge is 0.379 e. The Labute approximate surface area is 103 Å². The van der Waals surface area contributed by atoms with Crippen LogP contribution in [0.2, 0.25) is 0 Å². The molecule has 2 N–H and O–H groups in total. The topological polar surface area (TPSA) is 35.2 Å². The molecule has 1 rings (SSSR count). The fourth-order valence-electron chi connectivity index (χ4n) is 1.71. The van der Waals surface area contributed by atoms with Crippen LogP contribution >= 0.6 is 0 Å². The summed E-state index contributed by atoms with van der Waals surface area (Å²) in [5.74, 6) is -0.224. The molecule has 96 valence electrons. The Morgan fingerprint density at radius 2 is 2.06 bits per heavy atom. The minimum Gasteiger partial charge on any atom is -0.379 e. The fraction of sp³-hybridized carbons (Fsp3) is 0.571. The van der Waals surface area contributed by atoms with E-state index in [0.29, 0.717) is 12.0 Å². The van der Waals surface area contributed by atoms with E-state index in [9.17, 15) is 4.39 Å². The van der Waals surface area contributed by atoms with Gasteiger partial charge in [0, 0.05) is 18.7 Å². The van der Waals surface area contributed by atoms with Crippen molar-refractivity contribution in [3.05, 3.63) is 35.1 Å². The van der Waals surface area contributed by atoms with Gasteiger partial charge in [0.15, 0.2) is 0 Å². The number of methoxy groups -OCH3 is 1. The molecule has 0 bridgehead atoms. The molecule has 0 saturated carbocycles. The van der Waals surface area contributed by atoms with Crippen molar-refractivity contribution >= 4 is 0 Å². The summed E-state index contributed by atoms with van der Waals surface area (Å²) in [7, 11) is 1.68. The zero-order chi connectivity index (χ0) is 13.1. The van der Waals surface area contributed by atoms with Crippen molar-refractivity contribution in [3.8, 4) is 0 Å². The maximum absolute atomic E-state index is 13.6. The quantitative estimate of drug-likeness (QED) is 0.855. The number of nitrogens with two attached hydrogens (primary N) is 1. The highest BCUT2D eigenvalue weighted by molar-refractivity contribution is 5.26. The first-order valence-corrected chi connectivity index (χ1v) is 5.92. The van der Waals surface area contributed by atoms with Gasteiger partial charge in [0.1, 0.15) is 5.82 Å². The summed E-state index contributed by atoms with van der Waals surface area (Å²) < 4.78 is 18.9. The predicted octanol–water partition coefficient (Wildman–Crippen LogP) is 3.34. The van der Waals surface area contributed by atoms with Gasteiger partial charge in [-0.25, -0.2) is 4.39 Å². The molecule has 1 aromatic rings. The van der Waals surface area contributed by atoms with E-state index in [0.717, 1.165) is 12.0 Å². The molecule has 0 spiro atoms. The monoisotopic (exact) mass is 239 g/mol.